The molecule has 1 aromatic rings. The van der Waals surface area contributed by atoms with Gasteiger partial charge in [-0.25, -0.2) is 0 Å². The summed E-state index contributed by atoms with van der Waals surface area (Å²) in [6, 6.07) is 9.47. The van der Waals surface area contributed by atoms with Crippen molar-refractivity contribution in [2.75, 3.05) is 0 Å². The van der Waals surface area contributed by atoms with E-state index in [1.165, 1.54) is 0 Å². The van der Waals surface area contributed by atoms with Crippen LogP contribution in [0.4, 0.5) is 0 Å². The van der Waals surface area contributed by atoms with Crippen molar-refractivity contribution in [2.45, 2.75) is 41.5 Å². The van der Waals surface area contributed by atoms with Crippen molar-refractivity contribution in [2.24, 2.45) is 21.0 Å². The number of Topliss-reactive ketones (excluding diaryl/α,β-unsaturated/α-hetero) is 1. The minimum absolute atomic E-state index is 0.0806. The predicted molar refractivity (Wildman–Crippen MR) is 106 cm³/mol. The highest BCUT2D eigenvalue weighted by molar-refractivity contribution is 6.69. The summed E-state index contributed by atoms with van der Waals surface area (Å²) >= 11 is 6.24. The molecule has 0 aliphatic heterocycles. The molecule has 1 aliphatic rings. The number of benzene rings is 1. The fourth-order valence-electron chi connectivity index (χ4n) is 2.52. The molecule has 0 saturated heterocycles. The first-order valence-electron chi connectivity index (χ1n) is 8.36. The molecule has 0 unspecified atom stereocenters. The second-order valence-electron chi connectivity index (χ2n) is 8.23. The van der Waals surface area contributed by atoms with E-state index in [1.54, 1.807) is 0 Å². The number of hydrogen-bond acceptors (Lipinski definition) is 3. The zero-order valence-corrected chi connectivity index (χ0v) is 16.5. The number of rotatable bonds is 2. The maximum absolute atomic E-state index is 12.9. The second-order valence-corrected chi connectivity index (χ2v) is 8.58. The summed E-state index contributed by atoms with van der Waals surface area (Å²) in [6.45, 7) is 12.2. The molecule has 0 amide bonds. The Hall–Kier alpha value is -2.00. The van der Waals surface area contributed by atoms with E-state index in [4.69, 9.17) is 11.6 Å². The lowest BCUT2D eigenvalue weighted by Gasteiger charge is -2.30. The van der Waals surface area contributed by atoms with Crippen molar-refractivity contribution in [3.8, 4) is 0 Å². The molecule has 25 heavy (non-hydrogen) atoms. The standard InChI is InChI=1S/C21H25ClN2O/c1-20(2,3)16-12-15(13-17(18(16)25)21(4,5)6)23-24-19(22)14-10-8-7-9-11-14/h7-13H,1-6H3. The van der Waals surface area contributed by atoms with E-state index in [2.05, 4.69) is 10.2 Å². The monoisotopic (exact) mass is 356 g/mol. The highest BCUT2D eigenvalue weighted by Crippen LogP contribution is 2.37. The molecule has 4 heteroatoms. The van der Waals surface area contributed by atoms with Gasteiger partial charge in [0.05, 0.1) is 5.71 Å². The first-order valence-corrected chi connectivity index (χ1v) is 8.73. The van der Waals surface area contributed by atoms with Crippen LogP contribution in [0.2, 0.25) is 0 Å². The summed E-state index contributed by atoms with van der Waals surface area (Å²) in [7, 11) is 0. The minimum atomic E-state index is -0.268. The van der Waals surface area contributed by atoms with Gasteiger partial charge < -0.3 is 0 Å². The summed E-state index contributed by atoms with van der Waals surface area (Å²) < 4.78 is 0. The van der Waals surface area contributed by atoms with Crippen molar-refractivity contribution in [3.05, 3.63) is 59.2 Å². The van der Waals surface area contributed by atoms with Crippen LogP contribution in [0.5, 0.6) is 0 Å². The Kier molecular flexibility index (Phi) is 5.48. The highest BCUT2D eigenvalue weighted by atomic mass is 35.5. The van der Waals surface area contributed by atoms with Crippen molar-refractivity contribution in [3.63, 3.8) is 0 Å². The molecule has 132 valence electrons. The predicted octanol–water partition coefficient (Wildman–Crippen LogP) is 5.56. The third-order valence-corrected chi connectivity index (χ3v) is 4.25. The largest absolute Gasteiger partial charge is 0.289 e. The van der Waals surface area contributed by atoms with Crippen LogP contribution in [0.1, 0.15) is 47.1 Å². The molecular weight excluding hydrogens is 332 g/mol. The Morgan fingerprint density at radius 3 is 1.80 bits per heavy atom. The summed E-state index contributed by atoms with van der Waals surface area (Å²) in [5.74, 6) is 0.0806. The second kappa shape index (κ2) is 7.09. The summed E-state index contributed by atoms with van der Waals surface area (Å²) in [4.78, 5) is 12.9. The van der Waals surface area contributed by atoms with E-state index in [0.717, 1.165) is 16.7 Å². The maximum atomic E-state index is 12.9. The summed E-state index contributed by atoms with van der Waals surface area (Å²) in [5.41, 5.74) is 2.39. The number of nitrogens with zero attached hydrogens (tertiary/aromatic N) is 2. The number of carbonyl (C=O) groups excluding carboxylic acids is 1. The zero-order chi connectivity index (χ0) is 18.8. The number of carbonyl (C=O) groups is 1. The maximum Gasteiger partial charge on any atom is 0.186 e. The third kappa shape index (κ3) is 4.76. The molecule has 1 aliphatic carbocycles. The molecule has 0 fully saturated rings. The summed E-state index contributed by atoms with van der Waals surface area (Å²) in [5, 5.41) is 8.76. The van der Waals surface area contributed by atoms with Gasteiger partial charge in [-0.2, -0.15) is 0 Å². The Bertz CT molecular complexity index is 749. The van der Waals surface area contributed by atoms with Crippen LogP contribution in [-0.4, -0.2) is 16.7 Å². The average Bonchev–Trinajstić information content (AvgIpc) is 2.52. The van der Waals surface area contributed by atoms with Gasteiger partial charge in [-0.3, -0.25) is 4.79 Å². The van der Waals surface area contributed by atoms with E-state index in [9.17, 15) is 4.79 Å². The minimum Gasteiger partial charge on any atom is -0.289 e. The van der Waals surface area contributed by atoms with Crippen molar-refractivity contribution in [1.29, 1.82) is 0 Å². The molecule has 0 radical (unpaired) electrons. The normalized spacial score (nSPS) is 16.5. The van der Waals surface area contributed by atoms with Gasteiger partial charge in [0, 0.05) is 16.7 Å². The molecule has 0 bridgehead atoms. The SMILES string of the molecule is CC(C)(C)C1=CC(=NN=C(Cl)c2ccccc2)C=C(C(C)(C)C)C1=O. The summed E-state index contributed by atoms with van der Waals surface area (Å²) in [6.07, 6.45) is 3.63. The van der Waals surface area contributed by atoms with Crippen molar-refractivity contribution < 1.29 is 4.79 Å². The van der Waals surface area contributed by atoms with Gasteiger partial charge >= 0.3 is 0 Å². The quantitative estimate of drug-likeness (QED) is 0.388. The number of halogens is 1. The van der Waals surface area contributed by atoms with E-state index in [0.29, 0.717) is 10.9 Å². The molecule has 0 spiro atoms. The Balaban J connectivity index is 2.48. The number of ketones is 1. The van der Waals surface area contributed by atoms with E-state index in [1.807, 2.05) is 84.0 Å². The average molecular weight is 357 g/mol. The number of hydrogen-bond donors (Lipinski definition) is 0. The Morgan fingerprint density at radius 2 is 1.36 bits per heavy atom. The fraction of sp³-hybridized carbons (Fsp3) is 0.381. The molecule has 2 rings (SSSR count). The van der Waals surface area contributed by atoms with Crippen LogP contribution in [-0.2, 0) is 4.79 Å². The lowest BCUT2D eigenvalue weighted by atomic mass is 9.72. The van der Waals surface area contributed by atoms with Crippen molar-refractivity contribution in [1.82, 2.24) is 0 Å². The van der Waals surface area contributed by atoms with Gasteiger partial charge in [-0.05, 0) is 23.0 Å². The Labute approximate surface area is 155 Å². The van der Waals surface area contributed by atoms with Gasteiger partial charge in [0.1, 0.15) is 0 Å². The van der Waals surface area contributed by atoms with Crippen LogP contribution in [0.15, 0.2) is 63.8 Å². The highest BCUT2D eigenvalue weighted by Gasteiger charge is 2.34. The first kappa shape index (κ1) is 19.3. The van der Waals surface area contributed by atoms with Gasteiger partial charge in [0.15, 0.2) is 11.0 Å². The van der Waals surface area contributed by atoms with Gasteiger partial charge in [0.2, 0.25) is 0 Å². The Morgan fingerprint density at radius 1 is 0.880 bits per heavy atom. The third-order valence-electron chi connectivity index (χ3n) is 3.95. The molecule has 0 aromatic heterocycles. The van der Waals surface area contributed by atoms with Crippen LogP contribution >= 0.6 is 11.6 Å². The van der Waals surface area contributed by atoms with Gasteiger partial charge in [0.25, 0.3) is 0 Å². The molecule has 0 N–H and O–H groups in total. The van der Waals surface area contributed by atoms with Crippen LogP contribution in [0.3, 0.4) is 0 Å². The lowest BCUT2D eigenvalue weighted by Crippen LogP contribution is -2.29. The molecule has 1 aromatic carbocycles. The lowest BCUT2D eigenvalue weighted by molar-refractivity contribution is -0.114. The van der Waals surface area contributed by atoms with Crippen LogP contribution < -0.4 is 0 Å². The molecule has 3 nitrogen and oxygen atoms in total. The molecule has 0 saturated carbocycles. The van der Waals surface area contributed by atoms with Gasteiger partial charge in [-0.15, -0.1) is 10.2 Å². The van der Waals surface area contributed by atoms with E-state index < -0.39 is 0 Å². The van der Waals surface area contributed by atoms with Crippen LogP contribution in [0.25, 0.3) is 0 Å². The molecule has 0 heterocycles. The zero-order valence-electron chi connectivity index (χ0n) is 15.7. The number of allylic oxidation sites excluding steroid dienone is 4. The topological polar surface area (TPSA) is 41.8 Å². The molecular formula is C21H25ClN2O. The fourth-order valence-corrected chi connectivity index (χ4v) is 2.68. The van der Waals surface area contributed by atoms with Crippen molar-refractivity contribution >= 4 is 28.3 Å². The molecule has 0 atom stereocenters. The van der Waals surface area contributed by atoms with E-state index >= 15 is 0 Å². The van der Waals surface area contributed by atoms with E-state index in [-0.39, 0.29) is 16.6 Å². The van der Waals surface area contributed by atoms with Crippen LogP contribution in [0, 0.1) is 10.8 Å². The first-order chi connectivity index (χ1) is 11.5. The smallest absolute Gasteiger partial charge is 0.186 e. The van der Waals surface area contributed by atoms with Gasteiger partial charge in [-0.1, -0.05) is 83.5 Å².